The van der Waals surface area contributed by atoms with Crippen LogP contribution < -0.4 is 5.32 Å². The molecule has 17 heavy (non-hydrogen) atoms. The summed E-state index contributed by atoms with van der Waals surface area (Å²) in [7, 11) is 0. The third-order valence-electron chi connectivity index (χ3n) is 2.82. The Morgan fingerprint density at radius 3 is 2.88 bits per heavy atom. The number of halogens is 1. The Bertz CT molecular complexity index is 392. The van der Waals surface area contributed by atoms with Crippen molar-refractivity contribution >= 4 is 0 Å². The first kappa shape index (κ1) is 13.7. The van der Waals surface area contributed by atoms with Gasteiger partial charge in [-0.25, -0.2) is 4.39 Å². The van der Waals surface area contributed by atoms with Crippen LogP contribution in [-0.2, 0) is 0 Å². The lowest BCUT2D eigenvalue weighted by atomic mass is 9.99. The minimum Gasteiger partial charge on any atom is -0.310 e. The molecule has 0 saturated carbocycles. The summed E-state index contributed by atoms with van der Waals surface area (Å²) in [6.45, 7) is 4.76. The van der Waals surface area contributed by atoms with Crippen LogP contribution in [0.4, 0.5) is 4.39 Å². The Morgan fingerprint density at radius 1 is 1.47 bits per heavy atom. The van der Waals surface area contributed by atoms with E-state index in [1.165, 1.54) is 0 Å². The van der Waals surface area contributed by atoms with Gasteiger partial charge in [-0.05, 0) is 31.9 Å². The van der Waals surface area contributed by atoms with Crippen LogP contribution in [-0.4, -0.2) is 6.54 Å². The van der Waals surface area contributed by atoms with Crippen LogP contribution in [0.1, 0.15) is 43.4 Å². The molecule has 0 bridgehead atoms. The highest BCUT2D eigenvalue weighted by Gasteiger charge is 2.15. The Balaban J connectivity index is 2.87. The fraction of sp³-hybridized carbons (Fsp3) is 0.467. The SMILES string of the molecule is C#CCCC(NCCC)c1cccc(C)c1F. The number of terminal acetylenes is 1. The molecule has 0 aliphatic rings. The smallest absolute Gasteiger partial charge is 0.130 e. The number of hydrogen-bond acceptors (Lipinski definition) is 1. The predicted molar refractivity (Wildman–Crippen MR) is 70.2 cm³/mol. The molecule has 1 atom stereocenters. The lowest BCUT2D eigenvalue weighted by molar-refractivity contribution is 0.476. The van der Waals surface area contributed by atoms with E-state index >= 15 is 0 Å². The van der Waals surface area contributed by atoms with Crippen LogP contribution in [0.2, 0.25) is 0 Å². The van der Waals surface area contributed by atoms with Gasteiger partial charge in [0.05, 0.1) is 0 Å². The van der Waals surface area contributed by atoms with Crippen molar-refractivity contribution in [3.05, 3.63) is 35.1 Å². The van der Waals surface area contributed by atoms with Crippen molar-refractivity contribution in [2.75, 3.05) is 6.54 Å². The van der Waals surface area contributed by atoms with Gasteiger partial charge in [0.15, 0.2) is 0 Å². The van der Waals surface area contributed by atoms with Crippen molar-refractivity contribution in [3.8, 4) is 12.3 Å². The predicted octanol–water partition coefficient (Wildman–Crippen LogP) is 3.59. The molecule has 0 aromatic heterocycles. The summed E-state index contributed by atoms with van der Waals surface area (Å²) in [5, 5.41) is 3.35. The number of nitrogens with one attached hydrogen (secondary N) is 1. The highest BCUT2D eigenvalue weighted by Crippen LogP contribution is 2.23. The zero-order chi connectivity index (χ0) is 12.7. The van der Waals surface area contributed by atoms with E-state index in [0.29, 0.717) is 12.0 Å². The van der Waals surface area contributed by atoms with Crippen molar-refractivity contribution in [1.82, 2.24) is 5.32 Å². The first-order valence-electron chi connectivity index (χ1n) is 6.12. The fourth-order valence-corrected chi connectivity index (χ4v) is 1.85. The van der Waals surface area contributed by atoms with E-state index in [4.69, 9.17) is 6.42 Å². The zero-order valence-electron chi connectivity index (χ0n) is 10.6. The summed E-state index contributed by atoms with van der Waals surface area (Å²) in [6, 6.07) is 5.54. The van der Waals surface area contributed by atoms with Gasteiger partial charge < -0.3 is 5.32 Å². The van der Waals surface area contributed by atoms with Gasteiger partial charge in [0.2, 0.25) is 0 Å². The Hall–Kier alpha value is -1.33. The molecule has 1 aromatic rings. The number of hydrogen-bond donors (Lipinski definition) is 1. The molecule has 2 heteroatoms. The summed E-state index contributed by atoms with van der Waals surface area (Å²) in [5.41, 5.74) is 1.42. The van der Waals surface area contributed by atoms with Gasteiger partial charge in [0.25, 0.3) is 0 Å². The molecule has 1 rings (SSSR count). The third-order valence-corrected chi connectivity index (χ3v) is 2.82. The molecule has 1 nitrogen and oxygen atoms in total. The van der Waals surface area contributed by atoms with Crippen molar-refractivity contribution in [3.63, 3.8) is 0 Å². The second-order valence-corrected chi connectivity index (χ2v) is 4.23. The summed E-state index contributed by atoms with van der Waals surface area (Å²) in [5.74, 6) is 2.50. The summed E-state index contributed by atoms with van der Waals surface area (Å²) < 4.78 is 14.0. The summed E-state index contributed by atoms with van der Waals surface area (Å²) in [6.07, 6.45) is 7.74. The number of benzene rings is 1. The van der Waals surface area contributed by atoms with E-state index in [-0.39, 0.29) is 11.9 Å². The third kappa shape index (κ3) is 3.87. The topological polar surface area (TPSA) is 12.0 Å². The molecule has 0 heterocycles. The Kier molecular flexibility index (Phi) is 5.72. The molecule has 0 saturated heterocycles. The molecule has 0 aliphatic carbocycles. The lowest BCUT2D eigenvalue weighted by Gasteiger charge is -2.19. The maximum Gasteiger partial charge on any atom is 0.130 e. The van der Waals surface area contributed by atoms with Gasteiger partial charge >= 0.3 is 0 Å². The highest BCUT2D eigenvalue weighted by atomic mass is 19.1. The number of aryl methyl sites for hydroxylation is 1. The lowest BCUT2D eigenvalue weighted by Crippen LogP contribution is -2.23. The maximum absolute atomic E-state index is 14.0. The van der Waals surface area contributed by atoms with E-state index in [1.807, 2.05) is 12.1 Å². The van der Waals surface area contributed by atoms with Gasteiger partial charge in [-0.2, -0.15) is 0 Å². The molecule has 0 radical (unpaired) electrons. The Labute approximate surface area is 103 Å². The molecular formula is C15H20FN. The van der Waals surface area contributed by atoms with E-state index < -0.39 is 0 Å². The van der Waals surface area contributed by atoms with E-state index in [9.17, 15) is 4.39 Å². The molecule has 1 unspecified atom stereocenters. The minimum atomic E-state index is -0.113. The van der Waals surface area contributed by atoms with Gasteiger partial charge in [0, 0.05) is 18.0 Å². The van der Waals surface area contributed by atoms with Gasteiger partial charge in [0.1, 0.15) is 5.82 Å². The van der Waals surface area contributed by atoms with Crippen LogP contribution in [0, 0.1) is 25.1 Å². The molecule has 0 amide bonds. The van der Waals surface area contributed by atoms with Gasteiger partial charge in [-0.3, -0.25) is 0 Å². The van der Waals surface area contributed by atoms with Crippen LogP contribution in [0.3, 0.4) is 0 Å². The van der Waals surface area contributed by atoms with Crippen molar-refractivity contribution in [2.45, 2.75) is 39.2 Å². The molecule has 1 aromatic carbocycles. The van der Waals surface area contributed by atoms with Crippen molar-refractivity contribution in [2.24, 2.45) is 0 Å². The molecular weight excluding hydrogens is 213 g/mol. The molecule has 0 fully saturated rings. The van der Waals surface area contributed by atoms with E-state index in [0.717, 1.165) is 24.9 Å². The van der Waals surface area contributed by atoms with Gasteiger partial charge in [-0.1, -0.05) is 25.1 Å². The first-order valence-corrected chi connectivity index (χ1v) is 6.12. The van der Waals surface area contributed by atoms with E-state index in [2.05, 4.69) is 18.2 Å². The van der Waals surface area contributed by atoms with Crippen LogP contribution in [0.25, 0.3) is 0 Å². The molecule has 0 spiro atoms. The molecule has 0 aliphatic heterocycles. The van der Waals surface area contributed by atoms with Gasteiger partial charge in [-0.15, -0.1) is 12.3 Å². The average molecular weight is 233 g/mol. The van der Waals surface area contributed by atoms with Crippen LogP contribution in [0.15, 0.2) is 18.2 Å². The Morgan fingerprint density at radius 2 is 2.24 bits per heavy atom. The number of rotatable bonds is 6. The summed E-state index contributed by atoms with van der Waals surface area (Å²) in [4.78, 5) is 0. The monoisotopic (exact) mass is 233 g/mol. The van der Waals surface area contributed by atoms with Crippen molar-refractivity contribution < 1.29 is 4.39 Å². The zero-order valence-corrected chi connectivity index (χ0v) is 10.6. The summed E-state index contributed by atoms with van der Waals surface area (Å²) >= 11 is 0. The average Bonchev–Trinajstić information content (AvgIpc) is 2.34. The standard InChI is InChI=1S/C15H20FN/c1-4-6-10-14(17-11-5-2)13-9-7-8-12(3)15(13)16/h1,7-9,14,17H,5-6,10-11H2,2-3H3. The molecule has 92 valence electrons. The van der Waals surface area contributed by atoms with E-state index in [1.54, 1.807) is 13.0 Å². The van der Waals surface area contributed by atoms with Crippen molar-refractivity contribution in [1.29, 1.82) is 0 Å². The first-order chi connectivity index (χ1) is 8.20. The second-order valence-electron chi connectivity index (χ2n) is 4.23. The normalized spacial score (nSPS) is 12.1. The maximum atomic E-state index is 14.0. The fourth-order valence-electron chi connectivity index (χ4n) is 1.85. The van der Waals surface area contributed by atoms with Crippen LogP contribution >= 0.6 is 0 Å². The quantitative estimate of drug-likeness (QED) is 0.740. The molecule has 1 N–H and O–H groups in total. The second kappa shape index (κ2) is 7.09. The highest BCUT2D eigenvalue weighted by molar-refractivity contribution is 5.27. The minimum absolute atomic E-state index is 0.0194. The van der Waals surface area contributed by atoms with Crippen LogP contribution in [0.5, 0.6) is 0 Å². The largest absolute Gasteiger partial charge is 0.310 e.